The fourth-order valence-corrected chi connectivity index (χ4v) is 2.09. The van der Waals surface area contributed by atoms with Crippen molar-refractivity contribution in [2.45, 2.75) is 26.2 Å². The van der Waals surface area contributed by atoms with Gasteiger partial charge in [0.1, 0.15) is 13.1 Å². The molecule has 0 unspecified atom stereocenters. The molecule has 1 nitrogen and oxygen atoms in total. The fraction of sp³-hybridized carbons (Fsp3) is 0.462. The predicted molar refractivity (Wildman–Crippen MR) is 60.1 cm³/mol. The molecule has 2 rings (SSSR count). The maximum absolute atomic E-state index is 2.51. The second kappa shape index (κ2) is 4.41. The molecule has 0 saturated carbocycles. The normalized spacial score (nSPS) is 16.8. The third-order valence-corrected chi connectivity index (χ3v) is 3.02. The molecule has 0 atom stereocenters. The summed E-state index contributed by atoms with van der Waals surface area (Å²) in [6.07, 6.45) is 4.10. The molecule has 0 radical (unpaired) electrons. The zero-order chi connectivity index (χ0) is 9.80. The van der Waals surface area contributed by atoms with Gasteiger partial charge in [-0.15, -0.1) is 0 Å². The summed E-state index contributed by atoms with van der Waals surface area (Å²) >= 11 is 0. The Morgan fingerprint density at radius 1 is 1.00 bits per heavy atom. The van der Waals surface area contributed by atoms with E-state index >= 15 is 0 Å². The van der Waals surface area contributed by atoms with Crippen LogP contribution in [0.5, 0.6) is 0 Å². The van der Waals surface area contributed by atoms with Gasteiger partial charge in [0.15, 0.2) is 5.71 Å². The smallest absolute Gasteiger partial charge is 0.180 e. The van der Waals surface area contributed by atoms with Crippen LogP contribution in [0.2, 0.25) is 0 Å². The van der Waals surface area contributed by atoms with E-state index in [1.54, 1.807) is 0 Å². The molecule has 0 aliphatic carbocycles. The lowest BCUT2D eigenvalue weighted by molar-refractivity contribution is -0.537. The fourth-order valence-electron chi connectivity index (χ4n) is 2.09. The van der Waals surface area contributed by atoms with Crippen LogP contribution in [-0.4, -0.2) is 23.4 Å². The predicted octanol–water partition coefficient (Wildman–Crippen LogP) is 2.69. The van der Waals surface area contributed by atoms with Gasteiger partial charge in [0.05, 0.1) is 0 Å². The third-order valence-electron chi connectivity index (χ3n) is 3.02. The average molecular weight is 188 g/mol. The topological polar surface area (TPSA) is 3.01 Å². The third kappa shape index (κ3) is 2.03. The summed E-state index contributed by atoms with van der Waals surface area (Å²) in [5.74, 6) is 0. The van der Waals surface area contributed by atoms with Gasteiger partial charge < -0.3 is 0 Å². The minimum atomic E-state index is 1.24. The van der Waals surface area contributed by atoms with Crippen LogP contribution in [0.3, 0.4) is 0 Å². The van der Waals surface area contributed by atoms with Gasteiger partial charge in [0, 0.05) is 25.3 Å². The minimum Gasteiger partial charge on any atom is -0.233 e. The van der Waals surface area contributed by atoms with Gasteiger partial charge in [0.25, 0.3) is 0 Å². The summed E-state index contributed by atoms with van der Waals surface area (Å²) in [4.78, 5) is 0. The second-order valence-corrected chi connectivity index (χ2v) is 4.00. The number of benzene rings is 1. The summed E-state index contributed by atoms with van der Waals surface area (Å²) in [5, 5.41) is 0. The monoisotopic (exact) mass is 188 g/mol. The molecular formula is C13H18N+. The second-order valence-electron chi connectivity index (χ2n) is 4.00. The Hall–Kier alpha value is -1.11. The minimum absolute atomic E-state index is 1.24. The zero-order valence-corrected chi connectivity index (χ0v) is 8.87. The maximum Gasteiger partial charge on any atom is 0.180 e. The molecule has 0 spiro atoms. The number of hydrogen-bond donors (Lipinski definition) is 0. The van der Waals surface area contributed by atoms with Crippen molar-refractivity contribution in [1.82, 2.24) is 0 Å². The molecule has 1 saturated heterocycles. The van der Waals surface area contributed by atoms with E-state index in [1.807, 2.05) is 0 Å². The Kier molecular flexibility index (Phi) is 2.97. The van der Waals surface area contributed by atoms with Crippen LogP contribution in [-0.2, 0) is 0 Å². The summed E-state index contributed by atoms with van der Waals surface area (Å²) < 4.78 is 2.51. The van der Waals surface area contributed by atoms with Crippen molar-refractivity contribution in [1.29, 1.82) is 0 Å². The van der Waals surface area contributed by atoms with Crippen molar-refractivity contribution in [2.75, 3.05) is 13.1 Å². The van der Waals surface area contributed by atoms with Crippen molar-refractivity contribution in [2.24, 2.45) is 0 Å². The molecule has 0 bridgehead atoms. The van der Waals surface area contributed by atoms with Gasteiger partial charge in [-0.3, -0.25) is 0 Å². The van der Waals surface area contributed by atoms with Crippen LogP contribution >= 0.6 is 0 Å². The first kappa shape index (κ1) is 9.45. The van der Waals surface area contributed by atoms with Crippen molar-refractivity contribution < 1.29 is 4.58 Å². The van der Waals surface area contributed by atoms with Crippen LogP contribution in [0.4, 0.5) is 0 Å². The van der Waals surface area contributed by atoms with Crippen LogP contribution in [0.25, 0.3) is 0 Å². The van der Waals surface area contributed by atoms with Crippen molar-refractivity contribution in [3.63, 3.8) is 0 Å². The molecule has 0 amide bonds. The van der Waals surface area contributed by atoms with Gasteiger partial charge in [-0.05, 0) is 18.6 Å². The molecule has 1 aromatic carbocycles. The highest BCUT2D eigenvalue weighted by Gasteiger charge is 2.15. The van der Waals surface area contributed by atoms with Crippen LogP contribution < -0.4 is 0 Å². The number of piperidine rings is 1. The van der Waals surface area contributed by atoms with E-state index in [1.165, 1.54) is 43.6 Å². The molecule has 1 aliphatic heterocycles. The Bertz CT molecular complexity index is 316. The van der Waals surface area contributed by atoms with Gasteiger partial charge in [-0.25, -0.2) is 4.58 Å². The highest BCUT2D eigenvalue weighted by Crippen LogP contribution is 2.08. The SMILES string of the molecule is CC(c1ccccc1)=[N+]1CCCCC1. The summed E-state index contributed by atoms with van der Waals surface area (Å²) in [7, 11) is 0. The maximum atomic E-state index is 2.51. The van der Waals surface area contributed by atoms with E-state index in [4.69, 9.17) is 0 Å². The van der Waals surface area contributed by atoms with E-state index in [-0.39, 0.29) is 0 Å². The molecular weight excluding hydrogens is 170 g/mol. The standard InChI is InChI=1S/C13H18N/c1-12(13-8-4-2-5-9-13)14-10-6-3-7-11-14/h2,4-5,8-9H,3,6-7,10-11H2,1H3/q+1. The van der Waals surface area contributed by atoms with Crippen LogP contribution in [0.15, 0.2) is 30.3 Å². The Morgan fingerprint density at radius 2 is 1.64 bits per heavy atom. The molecule has 1 aliphatic rings. The van der Waals surface area contributed by atoms with E-state index in [2.05, 4.69) is 41.8 Å². The first-order chi connectivity index (χ1) is 6.88. The van der Waals surface area contributed by atoms with Gasteiger partial charge in [-0.2, -0.15) is 0 Å². The lowest BCUT2D eigenvalue weighted by atomic mass is 10.1. The molecule has 0 N–H and O–H groups in total. The molecule has 14 heavy (non-hydrogen) atoms. The average Bonchev–Trinajstić information content (AvgIpc) is 2.30. The quantitative estimate of drug-likeness (QED) is 0.596. The zero-order valence-electron chi connectivity index (χ0n) is 8.87. The first-order valence-corrected chi connectivity index (χ1v) is 5.52. The highest BCUT2D eigenvalue weighted by atomic mass is 15.0. The van der Waals surface area contributed by atoms with Gasteiger partial charge >= 0.3 is 0 Å². The molecule has 74 valence electrons. The number of rotatable bonds is 1. The Labute approximate surface area is 86.1 Å². The summed E-state index contributed by atoms with van der Waals surface area (Å²) in [6.45, 7) is 4.71. The molecule has 0 aromatic heterocycles. The number of nitrogens with zero attached hydrogens (tertiary/aromatic N) is 1. The van der Waals surface area contributed by atoms with Crippen LogP contribution in [0.1, 0.15) is 31.7 Å². The van der Waals surface area contributed by atoms with Crippen LogP contribution in [0, 0.1) is 0 Å². The van der Waals surface area contributed by atoms with Gasteiger partial charge in [0.2, 0.25) is 0 Å². The van der Waals surface area contributed by atoms with E-state index in [0.29, 0.717) is 0 Å². The van der Waals surface area contributed by atoms with Crippen molar-refractivity contribution >= 4 is 5.71 Å². The molecule has 1 heteroatoms. The Balaban J connectivity index is 2.25. The first-order valence-electron chi connectivity index (χ1n) is 5.52. The number of hydrogen-bond acceptors (Lipinski definition) is 0. The summed E-state index contributed by atoms with van der Waals surface area (Å²) in [6, 6.07) is 10.7. The van der Waals surface area contributed by atoms with E-state index in [0.717, 1.165) is 0 Å². The largest absolute Gasteiger partial charge is 0.233 e. The van der Waals surface area contributed by atoms with E-state index in [9.17, 15) is 0 Å². The van der Waals surface area contributed by atoms with Crippen molar-refractivity contribution in [3.05, 3.63) is 35.9 Å². The van der Waals surface area contributed by atoms with E-state index < -0.39 is 0 Å². The van der Waals surface area contributed by atoms with Gasteiger partial charge in [-0.1, -0.05) is 18.2 Å². The lowest BCUT2D eigenvalue weighted by Gasteiger charge is -2.12. The Morgan fingerprint density at radius 3 is 2.29 bits per heavy atom. The lowest BCUT2D eigenvalue weighted by Crippen LogP contribution is -2.26. The molecule has 1 heterocycles. The van der Waals surface area contributed by atoms with Crippen molar-refractivity contribution in [3.8, 4) is 0 Å². The highest BCUT2D eigenvalue weighted by molar-refractivity contribution is 5.94. The molecule has 1 aromatic rings. The molecule has 1 fully saturated rings. The summed E-state index contributed by atoms with van der Waals surface area (Å²) in [5.41, 5.74) is 2.81.